The van der Waals surface area contributed by atoms with Gasteiger partial charge in [0.15, 0.2) is 0 Å². The summed E-state index contributed by atoms with van der Waals surface area (Å²) < 4.78 is 0. The van der Waals surface area contributed by atoms with Gasteiger partial charge in [-0.15, -0.1) is 0 Å². The molecular formula is C28H33ClN2O2. The molecule has 174 valence electrons. The Labute approximate surface area is 201 Å². The maximum Gasteiger partial charge on any atom is 0.242 e. The predicted octanol–water partition coefficient (Wildman–Crippen LogP) is 6.15. The average molecular weight is 465 g/mol. The Hall–Kier alpha value is -2.85. The van der Waals surface area contributed by atoms with Gasteiger partial charge in [-0.3, -0.25) is 9.59 Å². The van der Waals surface area contributed by atoms with Gasteiger partial charge in [0.1, 0.15) is 6.04 Å². The SMILES string of the molecule is CCCCNC(=O)[C@@H](CC)N(Cc1ccccc1Cl)C(=O)CCc1cccc2ccccc12. The van der Waals surface area contributed by atoms with Crippen LogP contribution >= 0.6 is 11.6 Å². The van der Waals surface area contributed by atoms with Crippen molar-refractivity contribution in [1.29, 1.82) is 0 Å². The molecule has 0 aromatic heterocycles. The molecule has 3 aromatic carbocycles. The molecule has 0 aliphatic rings. The van der Waals surface area contributed by atoms with Crippen molar-refractivity contribution in [3.05, 3.63) is 82.9 Å². The van der Waals surface area contributed by atoms with Crippen LogP contribution in [0.2, 0.25) is 5.02 Å². The van der Waals surface area contributed by atoms with Crippen LogP contribution in [-0.4, -0.2) is 29.3 Å². The third kappa shape index (κ3) is 6.58. The van der Waals surface area contributed by atoms with E-state index in [1.807, 2.05) is 49.4 Å². The number of nitrogens with zero attached hydrogens (tertiary/aromatic N) is 1. The molecule has 3 aromatic rings. The lowest BCUT2D eigenvalue weighted by Gasteiger charge is -2.31. The van der Waals surface area contributed by atoms with Crippen LogP contribution in [0.15, 0.2) is 66.7 Å². The highest BCUT2D eigenvalue weighted by molar-refractivity contribution is 6.31. The van der Waals surface area contributed by atoms with Crippen LogP contribution < -0.4 is 5.32 Å². The fourth-order valence-corrected chi connectivity index (χ4v) is 4.33. The first-order chi connectivity index (χ1) is 16.0. The zero-order valence-electron chi connectivity index (χ0n) is 19.5. The van der Waals surface area contributed by atoms with Crippen LogP contribution in [0.5, 0.6) is 0 Å². The van der Waals surface area contributed by atoms with Gasteiger partial charge in [0, 0.05) is 24.5 Å². The van der Waals surface area contributed by atoms with E-state index in [0.717, 1.165) is 34.7 Å². The van der Waals surface area contributed by atoms with Crippen LogP contribution in [0.3, 0.4) is 0 Å². The molecule has 2 amide bonds. The summed E-state index contributed by atoms with van der Waals surface area (Å²) in [5.74, 6) is -0.142. The molecule has 0 aliphatic heterocycles. The van der Waals surface area contributed by atoms with Gasteiger partial charge in [-0.2, -0.15) is 0 Å². The van der Waals surface area contributed by atoms with Crippen LogP contribution in [0, 0.1) is 0 Å². The van der Waals surface area contributed by atoms with Crippen LogP contribution in [0.1, 0.15) is 50.7 Å². The molecule has 1 N–H and O–H groups in total. The zero-order chi connectivity index (χ0) is 23.6. The number of carbonyl (C=O) groups is 2. The molecule has 0 unspecified atom stereocenters. The van der Waals surface area contributed by atoms with Crippen LogP contribution in [0.25, 0.3) is 10.8 Å². The average Bonchev–Trinajstić information content (AvgIpc) is 2.83. The summed E-state index contributed by atoms with van der Waals surface area (Å²) in [4.78, 5) is 28.2. The Bertz CT molecular complexity index is 1080. The minimum Gasteiger partial charge on any atom is -0.354 e. The summed E-state index contributed by atoms with van der Waals surface area (Å²) >= 11 is 6.40. The van der Waals surface area contributed by atoms with Crippen molar-refractivity contribution in [2.45, 2.75) is 58.5 Å². The summed E-state index contributed by atoms with van der Waals surface area (Å²) in [5, 5.41) is 5.93. The van der Waals surface area contributed by atoms with Gasteiger partial charge in [0.2, 0.25) is 11.8 Å². The highest BCUT2D eigenvalue weighted by atomic mass is 35.5. The van der Waals surface area contributed by atoms with E-state index in [2.05, 4.69) is 36.5 Å². The van der Waals surface area contributed by atoms with Gasteiger partial charge in [-0.05, 0) is 47.2 Å². The molecule has 0 aliphatic carbocycles. The number of unbranched alkanes of at least 4 members (excludes halogenated alkanes) is 1. The number of carbonyl (C=O) groups excluding carboxylic acids is 2. The first kappa shape index (κ1) is 24.8. The van der Waals surface area contributed by atoms with E-state index in [0.29, 0.717) is 37.4 Å². The zero-order valence-corrected chi connectivity index (χ0v) is 20.3. The van der Waals surface area contributed by atoms with Gasteiger partial charge >= 0.3 is 0 Å². The monoisotopic (exact) mass is 464 g/mol. The molecule has 4 nitrogen and oxygen atoms in total. The number of aryl methyl sites for hydroxylation is 1. The van der Waals surface area contributed by atoms with E-state index >= 15 is 0 Å². The second-order valence-corrected chi connectivity index (χ2v) is 8.73. The smallest absolute Gasteiger partial charge is 0.242 e. The van der Waals surface area contributed by atoms with E-state index in [9.17, 15) is 9.59 Å². The standard InChI is InChI=1S/C28H33ClN2O2/c1-3-5-19-30-28(33)26(4-2)31(20-23-12-7-9-16-25(23)29)27(32)18-17-22-14-10-13-21-11-6-8-15-24(21)22/h6-16,26H,3-5,17-20H2,1-2H3,(H,30,33)/t26-/m1/s1. The van der Waals surface area contributed by atoms with Gasteiger partial charge in [0.05, 0.1) is 0 Å². The van der Waals surface area contributed by atoms with Crippen molar-refractivity contribution in [2.75, 3.05) is 6.54 Å². The maximum atomic E-state index is 13.5. The third-order valence-corrected chi connectivity index (χ3v) is 6.37. The minimum absolute atomic E-state index is 0.0413. The molecule has 0 radical (unpaired) electrons. The second kappa shape index (κ2) is 12.4. The first-order valence-electron chi connectivity index (χ1n) is 11.8. The first-order valence-corrected chi connectivity index (χ1v) is 12.2. The summed E-state index contributed by atoms with van der Waals surface area (Å²) in [5.41, 5.74) is 1.98. The number of amides is 2. The summed E-state index contributed by atoms with van der Waals surface area (Å²) in [7, 11) is 0. The summed E-state index contributed by atoms with van der Waals surface area (Å²) in [6.07, 6.45) is 3.42. The highest BCUT2D eigenvalue weighted by Gasteiger charge is 2.28. The molecule has 0 spiro atoms. The summed E-state index contributed by atoms with van der Waals surface area (Å²) in [6, 6.07) is 21.4. The molecule has 5 heteroatoms. The molecule has 0 fully saturated rings. The predicted molar refractivity (Wildman–Crippen MR) is 136 cm³/mol. The Kier molecular flexibility index (Phi) is 9.32. The highest BCUT2D eigenvalue weighted by Crippen LogP contribution is 2.23. The van der Waals surface area contributed by atoms with Crippen molar-refractivity contribution in [1.82, 2.24) is 10.2 Å². The topological polar surface area (TPSA) is 49.4 Å². The lowest BCUT2D eigenvalue weighted by molar-refractivity contribution is -0.141. The van der Waals surface area contributed by atoms with Crippen molar-refractivity contribution in [3.63, 3.8) is 0 Å². The largest absolute Gasteiger partial charge is 0.354 e. The maximum absolute atomic E-state index is 13.5. The number of halogens is 1. The molecule has 33 heavy (non-hydrogen) atoms. The summed E-state index contributed by atoms with van der Waals surface area (Å²) in [6.45, 7) is 4.97. The fraction of sp³-hybridized carbons (Fsp3) is 0.357. The second-order valence-electron chi connectivity index (χ2n) is 8.32. The van der Waals surface area contributed by atoms with Crippen molar-refractivity contribution < 1.29 is 9.59 Å². The number of nitrogens with one attached hydrogen (secondary N) is 1. The number of fused-ring (bicyclic) bond motifs is 1. The molecule has 0 heterocycles. The Balaban J connectivity index is 1.81. The molecular weight excluding hydrogens is 432 g/mol. The number of benzene rings is 3. The molecule has 0 saturated heterocycles. The number of hydrogen-bond acceptors (Lipinski definition) is 2. The van der Waals surface area contributed by atoms with E-state index in [4.69, 9.17) is 11.6 Å². The van der Waals surface area contributed by atoms with Gasteiger partial charge in [-0.25, -0.2) is 0 Å². The number of rotatable bonds is 11. The quantitative estimate of drug-likeness (QED) is 0.346. The van der Waals surface area contributed by atoms with Crippen LogP contribution in [-0.2, 0) is 22.6 Å². The van der Waals surface area contributed by atoms with E-state index in [-0.39, 0.29) is 11.8 Å². The van der Waals surface area contributed by atoms with E-state index in [1.165, 1.54) is 0 Å². The molecule has 3 rings (SSSR count). The fourth-order valence-electron chi connectivity index (χ4n) is 4.13. The molecule has 0 bridgehead atoms. The Morgan fingerprint density at radius 1 is 0.939 bits per heavy atom. The normalized spacial score (nSPS) is 11.8. The van der Waals surface area contributed by atoms with Gasteiger partial charge in [-0.1, -0.05) is 92.5 Å². The lowest BCUT2D eigenvalue weighted by Crippen LogP contribution is -2.49. The number of hydrogen-bond donors (Lipinski definition) is 1. The Morgan fingerprint density at radius 2 is 1.64 bits per heavy atom. The van der Waals surface area contributed by atoms with E-state index in [1.54, 1.807) is 4.90 Å². The van der Waals surface area contributed by atoms with Crippen LogP contribution in [0.4, 0.5) is 0 Å². The van der Waals surface area contributed by atoms with Gasteiger partial charge in [0.25, 0.3) is 0 Å². The van der Waals surface area contributed by atoms with E-state index < -0.39 is 6.04 Å². The lowest BCUT2D eigenvalue weighted by atomic mass is 10.00. The van der Waals surface area contributed by atoms with Crippen molar-refractivity contribution >= 4 is 34.2 Å². The van der Waals surface area contributed by atoms with Gasteiger partial charge < -0.3 is 10.2 Å². The third-order valence-electron chi connectivity index (χ3n) is 6.00. The molecule has 1 atom stereocenters. The Morgan fingerprint density at radius 3 is 2.39 bits per heavy atom. The molecule has 0 saturated carbocycles. The van der Waals surface area contributed by atoms with Crippen molar-refractivity contribution in [2.24, 2.45) is 0 Å². The minimum atomic E-state index is -0.529. The van der Waals surface area contributed by atoms with Crippen molar-refractivity contribution in [3.8, 4) is 0 Å².